The molecule has 4 nitrogen and oxygen atoms in total. The highest BCUT2D eigenvalue weighted by atomic mass is 19.1. The first-order valence-electron chi connectivity index (χ1n) is 4.99. The smallest absolute Gasteiger partial charge is 0.257 e. The zero-order chi connectivity index (χ0) is 12.8. The summed E-state index contributed by atoms with van der Waals surface area (Å²) in [5, 5.41) is 4.74. The van der Waals surface area contributed by atoms with Crippen LogP contribution in [0.4, 0.5) is 8.78 Å². The molecule has 1 rings (SSSR count). The average Bonchev–Trinajstić information content (AvgIpc) is 2.24. The second kappa shape index (κ2) is 5.93. The van der Waals surface area contributed by atoms with Gasteiger partial charge < -0.3 is 10.6 Å². The van der Waals surface area contributed by atoms with Crippen LogP contribution >= 0.6 is 0 Å². The molecule has 92 valence electrons. The van der Waals surface area contributed by atoms with E-state index in [1.165, 1.54) is 13.0 Å². The molecule has 0 saturated carbocycles. The van der Waals surface area contributed by atoms with Gasteiger partial charge in [0.25, 0.3) is 5.91 Å². The quantitative estimate of drug-likeness (QED) is 0.768. The van der Waals surface area contributed by atoms with Crippen molar-refractivity contribution >= 4 is 11.8 Å². The summed E-state index contributed by atoms with van der Waals surface area (Å²) in [6.07, 6.45) is 0. The highest BCUT2D eigenvalue weighted by Gasteiger charge is 2.15. The molecule has 1 aromatic carbocycles. The van der Waals surface area contributed by atoms with Crippen LogP contribution in [-0.4, -0.2) is 24.9 Å². The Bertz CT molecular complexity index is 415. The number of hydrogen-bond donors (Lipinski definition) is 2. The number of rotatable bonds is 4. The van der Waals surface area contributed by atoms with Crippen molar-refractivity contribution < 1.29 is 18.4 Å². The molecule has 0 unspecified atom stereocenters. The molecule has 0 aromatic heterocycles. The second-order valence-electron chi connectivity index (χ2n) is 3.34. The van der Waals surface area contributed by atoms with Gasteiger partial charge in [-0.25, -0.2) is 8.78 Å². The van der Waals surface area contributed by atoms with Crippen LogP contribution in [0.3, 0.4) is 0 Å². The first-order valence-corrected chi connectivity index (χ1v) is 4.99. The van der Waals surface area contributed by atoms with Gasteiger partial charge in [-0.3, -0.25) is 9.59 Å². The first kappa shape index (κ1) is 13.1. The number of benzene rings is 1. The molecular weight excluding hydrogens is 230 g/mol. The zero-order valence-electron chi connectivity index (χ0n) is 9.22. The maximum atomic E-state index is 13.2. The molecule has 17 heavy (non-hydrogen) atoms. The third kappa shape index (κ3) is 3.82. The first-order chi connectivity index (χ1) is 8.02. The molecule has 0 atom stereocenters. The molecule has 1 aromatic rings. The fourth-order valence-electron chi connectivity index (χ4n) is 1.22. The SMILES string of the molecule is CC(=O)NCCNC(=O)c1c(F)cccc1F. The Morgan fingerprint density at radius 3 is 2.18 bits per heavy atom. The van der Waals surface area contributed by atoms with Crippen molar-refractivity contribution in [2.45, 2.75) is 6.92 Å². The molecule has 2 N–H and O–H groups in total. The molecule has 6 heteroatoms. The third-order valence-electron chi connectivity index (χ3n) is 1.97. The van der Waals surface area contributed by atoms with Gasteiger partial charge in [0.1, 0.15) is 17.2 Å². The number of nitrogens with one attached hydrogen (secondary N) is 2. The Labute approximate surface area is 97.0 Å². The highest BCUT2D eigenvalue weighted by Crippen LogP contribution is 2.11. The Morgan fingerprint density at radius 1 is 1.12 bits per heavy atom. The van der Waals surface area contributed by atoms with Crippen molar-refractivity contribution in [1.82, 2.24) is 10.6 Å². The summed E-state index contributed by atoms with van der Waals surface area (Å²) in [5.74, 6) is -2.91. The van der Waals surface area contributed by atoms with Gasteiger partial charge in [0.05, 0.1) is 0 Å². The fraction of sp³-hybridized carbons (Fsp3) is 0.273. The number of hydrogen-bond acceptors (Lipinski definition) is 2. The maximum Gasteiger partial charge on any atom is 0.257 e. The zero-order valence-corrected chi connectivity index (χ0v) is 9.22. The van der Waals surface area contributed by atoms with Crippen molar-refractivity contribution in [3.63, 3.8) is 0 Å². The van der Waals surface area contributed by atoms with Crippen LogP contribution in [0.2, 0.25) is 0 Å². The number of halogens is 2. The van der Waals surface area contributed by atoms with Gasteiger partial charge in [0.15, 0.2) is 0 Å². The number of carbonyl (C=O) groups excluding carboxylic acids is 2. The van der Waals surface area contributed by atoms with E-state index in [-0.39, 0.29) is 19.0 Å². The van der Waals surface area contributed by atoms with Crippen LogP contribution in [-0.2, 0) is 4.79 Å². The van der Waals surface area contributed by atoms with Crippen LogP contribution in [0.1, 0.15) is 17.3 Å². The molecule has 0 radical (unpaired) electrons. The van der Waals surface area contributed by atoms with Crippen LogP contribution in [0.25, 0.3) is 0 Å². The minimum absolute atomic E-state index is 0.103. The van der Waals surface area contributed by atoms with Crippen molar-refractivity contribution in [3.8, 4) is 0 Å². The highest BCUT2D eigenvalue weighted by molar-refractivity contribution is 5.94. The maximum absolute atomic E-state index is 13.2. The molecule has 0 fully saturated rings. The molecular formula is C11H12F2N2O2. The Balaban J connectivity index is 2.55. The van der Waals surface area contributed by atoms with Gasteiger partial charge in [0, 0.05) is 20.0 Å². The largest absolute Gasteiger partial charge is 0.355 e. The summed E-state index contributed by atoms with van der Waals surface area (Å²) in [7, 11) is 0. The van der Waals surface area contributed by atoms with Gasteiger partial charge in [-0.1, -0.05) is 6.07 Å². The van der Waals surface area contributed by atoms with Crippen LogP contribution in [0.15, 0.2) is 18.2 Å². The van der Waals surface area contributed by atoms with Crippen LogP contribution < -0.4 is 10.6 Å². The van der Waals surface area contributed by atoms with E-state index in [4.69, 9.17) is 0 Å². The molecule has 0 aliphatic heterocycles. The van der Waals surface area contributed by atoms with Crippen LogP contribution in [0, 0.1) is 11.6 Å². The minimum atomic E-state index is -0.915. The van der Waals surface area contributed by atoms with E-state index < -0.39 is 23.1 Å². The van der Waals surface area contributed by atoms with Gasteiger partial charge >= 0.3 is 0 Å². The summed E-state index contributed by atoms with van der Waals surface area (Å²) >= 11 is 0. The Kier molecular flexibility index (Phi) is 4.56. The predicted molar refractivity (Wildman–Crippen MR) is 57.4 cm³/mol. The van der Waals surface area contributed by atoms with E-state index in [0.717, 1.165) is 12.1 Å². The van der Waals surface area contributed by atoms with E-state index in [1.54, 1.807) is 0 Å². The molecule has 0 bridgehead atoms. The average molecular weight is 242 g/mol. The van der Waals surface area contributed by atoms with E-state index in [9.17, 15) is 18.4 Å². The second-order valence-corrected chi connectivity index (χ2v) is 3.34. The topological polar surface area (TPSA) is 58.2 Å². The summed E-state index contributed by atoms with van der Waals surface area (Å²) < 4.78 is 26.3. The van der Waals surface area contributed by atoms with Crippen LogP contribution in [0.5, 0.6) is 0 Å². The number of carbonyl (C=O) groups is 2. The van der Waals surface area contributed by atoms with E-state index in [0.29, 0.717) is 0 Å². The molecule has 0 spiro atoms. The van der Waals surface area contributed by atoms with Gasteiger partial charge in [-0.05, 0) is 12.1 Å². The normalized spacial score (nSPS) is 9.82. The van der Waals surface area contributed by atoms with Crippen molar-refractivity contribution in [2.24, 2.45) is 0 Å². The summed E-state index contributed by atoms with van der Waals surface area (Å²) in [4.78, 5) is 22.0. The lowest BCUT2D eigenvalue weighted by atomic mass is 10.2. The lowest BCUT2D eigenvalue weighted by Gasteiger charge is -2.07. The molecule has 0 saturated heterocycles. The van der Waals surface area contributed by atoms with Gasteiger partial charge in [0.2, 0.25) is 5.91 Å². The van der Waals surface area contributed by atoms with E-state index in [1.807, 2.05) is 0 Å². The summed E-state index contributed by atoms with van der Waals surface area (Å²) in [6, 6.07) is 3.19. The standard InChI is InChI=1S/C11H12F2N2O2/c1-7(16)14-5-6-15-11(17)10-8(12)3-2-4-9(10)13/h2-4H,5-6H2,1H3,(H,14,16)(H,15,17). The fourth-order valence-corrected chi connectivity index (χ4v) is 1.22. The monoisotopic (exact) mass is 242 g/mol. The molecule has 0 aliphatic rings. The molecule has 0 aliphatic carbocycles. The summed E-state index contributed by atoms with van der Waals surface area (Å²) in [5.41, 5.74) is -0.615. The van der Waals surface area contributed by atoms with E-state index >= 15 is 0 Å². The number of amides is 2. The predicted octanol–water partition coefficient (Wildman–Crippen LogP) is 0.831. The van der Waals surface area contributed by atoms with E-state index in [2.05, 4.69) is 10.6 Å². The van der Waals surface area contributed by atoms with Gasteiger partial charge in [-0.15, -0.1) is 0 Å². The Morgan fingerprint density at radius 2 is 1.65 bits per heavy atom. The van der Waals surface area contributed by atoms with Crippen molar-refractivity contribution in [1.29, 1.82) is 0 Å². The third-order valence-corrected chi connectivity index (χ3v) is 1.97. The van der Waals surface area contributed by atoms with Crippen molar-refractivity contribution in [2.75, 3.05) is 13.1 Å². The van der Waals surface area contributed by atoms with Gasteiger partial charge in [-0.2, -0.15) is 0 Å². The molecule has 2 amide bonds. The lowest BCUT2D eigenvalue weighted by Crippen LogP contribution is -2.34. The lowest BCUT2D eigenvalue weighted by molar-refractivity contribution is -0.118. The minimum Gasteiger partial charge on any atom is -0.355 e. The Hall–Kier alpha value is -1.98. The summed E-state index contributed by atoms with van der Waals surface area (Å²) in [6.45, 7) is 1.64. The van der Waals surface area contributed by atoms with Crippen molar-refractivity contribution in [3.05, 3.63) is 35.4 Å². The molecule has 0 heterocycles.